The van der Waals surface area contributed by atoms with Crippen LogP contribution in [0.25, 0.3) is 11.5 Å². The number of hydrogen-bond donors (Lipinski definition) is 1. The van der Waals surface area contributed by atoms with Gasteiger partial charge in [0.2, 0.25) is 5.88 Å². The maximum atomic E-state index is 14.1. The minimum absolute atomic E-state index is 0.0293. The van der Waals surface area contributed by atoms with Gasteiger partial charge in [-0.1, -0.05) is 23.4 Å². The fourth-order valence-corrected chi connectivity index (χ4v) is 2.73. The summed E-state index contributed by atoms with van der Waals surface area (Å²) in [7, 11) is 0. The fraction of sp³-hybridized carbons (Fsp3) is 0.167. The minimum Gasteiger partial charge on any atom is -0.492 e. The van der Waals surface area contributed by atoms with Crippen molar-refractivity contribution in [2.24, 2.45) is 5.16 Å². The molecule has 0 radical (unpaired) electrons. The third-order valence-corrected chi connectivity index (χ3v) is 4.08. The summed E-state index contributed by atoms with van der Waals surface area (Å²) in [5.74, 6) is -0.605. The maximum absolute atomic E-state index is 14.1. The lowest BCUT2D eigenvalue weighted by molar-refractivity contribution is 0.174. The lowest BCUT2D eigenvalue weighted by atomic mass is 10.1. The van der Waals surface area contributed by atoms with Crippen molar-refractivity contribution >= 4 is 5.71 Å². The van der Waals surface area contributed by atoms with Gasteiger partial charge in [-0.15, -0.1) is 0 Å². The zero-order chi connectivity index (χ0) is 18.8. The van der Waals surface area contributed by atoms with E-state index in [0.717, 1.165) is 0 Å². The molecule has 1 aliphatic rings. The molecular weight excluding hydrogens is 351 g/mol. The Labute approximate surface area is 153 Å². The van der Waals surface area contributed by atoms with Crippen molar-refractivity contribution in [1.82, 2.24) is 19.7 Å². The van der Waals surface area contributed by atoms with Crippen LogP contribution < -0.4 is 0 Å². The van der Waals surface area contributed by atoms with Crippen LogP contribution in [0.2, 0.25) is 0 Å². The first-order valence-electron chi connectivity index (χ1n) is 8.12. The number of rotatable bonds is 4. The number of aromatic hydroxyl groups is 1. The molecule has 3 aromatic rings. The highest BCUT2D eigenvalue weighted by atomic mass is 19.1. The Bertz CT molecular complexity index is 1090. The largest absolute Gasteiger partial charge is 0.492 e. The second kappa shape index (κ2) is 6.84. The Hall–Kier alpha value is -3.80. The average Bonchev–Trinajstić information content (AvgIpc) is 3.33. The van der Waals surface area contributed by atoms with Gasteiger partial charge < -0.3 is 9.94 Å². The number of oxime groups is 1. The molecule has 0 bridgehead atoms. The molecule has 9 heteroatoms. The molecule has 0 spiro atoms. The van der Waals surface area contributed by atoms with Gasteiger partial charge in [0.15, 0.2) is 5.82 Å². The van der Waals surface area contributed by atoms with Crippen molar-refractivity contribution in [3.8, 4) is 23.5 Å². The second-order valence-corrected chi connectivity index (χ2v) is 5.83. The topological polar surface area (TPSA) is 109 Å². The van der Waals surface area contributed by atoms with Crippen molar-refractivity contribution < 1.29 is 14.3 Å². The van der Waals surface area contributed by atoms with Crippen LogP contribution in [0, 0.1) is 17.1 Å². The zero-order valence-corrected chi connectivity index (χ0v) is 14.0. The summed E-state index contributed by atoms with van der Waals surface area (Å²) in [5.41, 5.74) is 2.15. The molecular formula is C18H13FN6O2. The van der Waals surface area contributed by atoms with Gasteiger partial charge in [0.1, 0.15) is 35.5 Å². The van der Waals surface area contributed by atoms with Gasteiger partial charge in [-0.2, -0.15) is 15.3 Å². The van der Waals surface area contributed by atoms with E-state index in [-0.39, 0.29) is 23.7 Å². The highest BCUT2D eigenvalue weighted by molar-refractivity contribution is 6.00. The van der Waals surface area contributed by atoms with Gasteiger partial charge in [0.05, 0.1) is 18.4 Å². The van der Waals surface area contributed by atoms with Crippen LogP contribution in [0.1, 0.15) is 23.2 Å². The molecule has 0 saturated heterocycles. The number of aromatic nitrogens is 4. The fourth-order valence-electron chi connectivity index (χ4n) is 2.73. The molecule has 0 saturated carbocycles. The predicted octanol–water partition coefficient (Wildman–Crippen LogP) is 2.23. The summed E-state index contributed by atoms with van der Waals surface area (Å²) in [4.78, 5) is 13.1. The third kappa shape index (κ3) is 3.20. The quantitative estimate of drug-likeness (QED) is 0.760. The van der Waals surface area contributed by atoms with E-state index in [0.29, 0.717) is 35.7 Å². The second-order valence-electron chi connectivity index (χ2n) is 5.83. The molecule has 0 amide bonds. The Balaban J connectivity index is 1.77. The zero-order valence-electron chi connectivity index (χ0n) is 14.0. The first-order valence-corrected chi connectivity index (χ1v) is 8.12. The van der Waals surface area contributed by atoms with Crippen molar-refractivity contribution in [2.75, 3.05) is 6.61 Å². The molecule has 1 aliphatic heterocycles. The van der Waals surface area contributed by atoms with Crippen molar-refractivity contribution in [3.63, 3.8) is 0 Å². The van der Waals surface area contributed by atoms with E-state index < -0.39 is 5.88 Å². The molecule has 3 heterocycles. The monoisotopic (exact) mass is 364 g/mol. The van der Waals surface area contributed by atoms with E-state index >= 15 is 0 Å². The molecule has 8 nitrogen and oxygen atoms in total. The Morgan fingerprint density at radius 3 is 2.89 bits per heavy atom. The standard InChI is InChI=1S/C18H13FN6O2/c19-13-4-2-1-3-11(13)10-25-16(14-5-6-27-24-14)7-15(23-25)17-21-9-12(8-20)18(26)22-17/h1-4,7,9H,5-6,10H2,(H,21,22,26). The van der Waals surface area contributed by atoms with Crippen LogP contribution in [0.4, 0.5) is 4.39 Å². The minimum atomic E-state index is -0.422. The first kappa shape index (κ1) is 16.7. The molecule has 0 atom stereocenters. The summed E-state index contributed by atoms with van der Waals surface area (Å²) in [5, 5.41) is 27.2. The van der Waals surface area contributed by atoms with Crippen LogP contribution in [0.3, 0.4) is 0 Å². The molecule has 0 aliphatic carbocycles. The van der Waals surface area contributed by atoms with Crippen LogP contribution in [0.5, 0.6) is 5.88 Å². The third-order valence-electron chi connectivity index (χ3n) is 4.08. The number of nitrogens with zero attached hydrogens (tertiary/aromatic N) is 6. The highest BCUT2D eigenvalue weighted by Gasteiger charge is 2.21. The lowest BCUT2D eigenvalue weighted by Crippen LogP contribution is -2.12. The Kier molecular flexibility index (Phi) is 4.22. The van der Waals surface area contributed by atoms with E-state index in [1.165, 1.54) is 12.3 Å². The summed E-state index contributed by atoms with van der Waals surface area (Å²) >= 11 is 0. The normalized spacial score (nSPS) is 13.1. The van der Waals surface area contributed by atoms with Crippen molar-refractivity contribution in [3.05, 3.63) is 59.2 Å². The maximum Gasteiger partial charge on any atom is 0.232 e. The van der Waals surface area contributed by atoms with Crippen molar-refractivity contribution in [2.45, 2.75) is 13.0 Å². The van der Waals surface area contributed by atoms with Gasteiger partial charge in [-0.25, -0.2) is 9.37 Å². The van der Waals surface area contributed by atoms with Crippen LogP contribution in [0.15, 0.2) is 41.7 Å². The molecule has 2 aromatic heterocycles. The van der Waals surface area contributed by atoms with Gasteiger partial charge in [0, 0.05) is 12.0 Å². The SMILES string of the molecule is N#Cc1cnc(-c2cc(C3=NOCC3)n(Cc3ccccc3F)n2)nc1O. The lowest BCUT2D eigenvalue weighted by Gasteiger charge is -2.07. The summed E-state index contributed by atoms with van der Waals surface area (Å²) in [6.45, 7) is 0.646. The van der Waals surface area contributed by atoms with Crippen LogP contribution >= 0.6 is 0 Å². The number of halogens is 1. The number of benzene rings is 1. The van der Waals surface area contributed by atoms with E-state index in [2.05, 4.69) is 20.2 Å². The molecule has 134 valence electrons. The average molecular weight is 364 g/mol. The van der Waals surface area contributed by atoms with Gasteiger partial charge >= 0.3 is 0 Å². The summed E-state index contributed by atoms with van der Waals surface area (Å²) < 4.78 is 15.7. The Morgan fingerprint density at radius 1 is 1.33 bits per heavy atom. The molecule has 0 fully saturated rings. The molecule has 4 rings (SSSR count). The van der Waals surface area contributed by atoms with E-state index in [4.69, 9.17) is 10.1 Å². The van der Waals surface area contributed by atoms with Gasteiger partial charge in [0.25, 0.3) is 0 Å². The van der Waals surface area contributed by atoms with E-state index in [1.54, 1.807) is 35.0 Å². The van der Waals surface area contributed by atoms with E-state index in [9.17, 15) is 9.50 Å². The van der Waals surface area contributed by atoms with Crippen LogP contribution in [-0.2, 0) is 11.4 Å². The highest BCUT2D eigenvalue weighted by Crippen LogP contribution is 2.22. The molecule has 27 heavy (non-hydrogen) atoms. The van der Waals surface area contributed by atoms with Crippen LogP contribution in [-0.4, -0.2) is 37.2 Å². The predicted molar refractivity (Wildman–Crippen MR) is 92.2 cm³/mol. The smallest absolute Gasteiger partial charge is 0.232 e. The number of nitriles is 1. The number of hydrogen-bond acceptors (Lipinski definition) is 7. The van der Waals surface area contributed by atoms with Gasteiger partial charge in [-0.3, -0.25) is 4.68 Å². The molecule has 1 aromatic carbocycles. The molecule has 0 unspecified atom stereocenters. The van der Waals surface area contributed by atoms with Gasteiger partial charge in [-0.05, 0) is 12.1 Å². The Morgan fingerprint density at radius 2 is 2.19 bits per heavy atom. The summed E-state index contributed by atoms with van der Waals surface area (Å²) in [6.07, 6.45) is 1.82. The van der Waals surface area contributed by atoms with Crippen molar-refractivity contribution in [1.29, 1.82) is 5.26 Å². The first-order chi connectivity index (χ1) is 13.2. The summed E-state index contributed by atoms with van der Waals surface area (Å²) in [6, 6.07) is 9.94. The van der Waals surface area contributed by atoms with E-state index in [1.807, 2.05) is 0 Å². The molecule has 1 N–H and O–H groups in total.